The second-order valence-electron chi connectivity index (χ2n) is 8.98. The van der Waals surface area contributed by atoms with Gasteiger partial charge >= 0.3 is 11.9 Å². The minimum absolute atomic E-state index is 0.300. The third-order valence-corrected chi connectivity index (χ3v) is 7.67. The van der Waals surface area contributed by atoms with Crippen LogP contribution in [0.4, 0.5) is 5.00 Å². The van der Waals surface area contributed by atoms with Gasteiger partial charge in [0.25, 0.3) is 5.91 Å². The number of aromatic amines is 1. The van der Waals surface area contributed by atoms with Crippen molar-refractivity contribution in [3.8, 4) is 11.4 Å². The number of aryl methyl sites for hydroxylation is 1. The van der Waals surface area contributed by atoms with Crippen LogP contribution in [0.3, 0.4) is 0 Å². The molecule has 0 fully saturated rings. The fourth-order valence-electron chi connectivity index (χ4n) is 4.51. The molecule has 37 heavy (non-hydrogen) atoms. The van der Waals surface area contributed by atoms with Crippen LogP contribution < -0.4 is 5.32 Å². The Morgan fingerprint density at radius 1 is 1.03 bits per heavy atom. The van der Waals surface area contributed by atoms with Crippen molar-refractivity contribution in [1.82, 2.24) is 9.97 Å². The summed E-state index contributed by atoms with van der Waals surface area (Å²) in [5.74, 6) is -0.911. The van der Waals surface area contributed by atoms with Gasteiger partial charge in [0.1, 0.15) is 10.8 Å². The number of fused-ring (bicyclic) bond motifs is 2. The van der Waals surface area contributed by atoms with E-state index < -0.39 is 23.9 Å². The van der Waals surface area contributed by atoms with Crippen molar-refractivity contribution in [2.45, 2.75) is 45.1 Å². The molecule has 0 bridgehead atoms. The number of carbonyl (C=O) groups excluding carboxylic acids is 3. The van der Waals surface area contributed by atoms with Gasteiger partial charge in [0.15, 0.2) is 6.10 Å². The van der Waals surface area contributed by atoms with Gasteiger partial charge in [-0.1, -0.05) is 36.8 Å². The van der Waals surface area contributed by atoms with E-state index in [0.29, 0.717) is 33.0 Å². The second-order valence-corrected chi connectivity index (χ2v) is 10.1. The van der Waals surface area contributed by atoms with Crippen molar-refractivity contribution < 1.29 is 23.9 Å². The summed E-state index contributed by atoms with van der Waals surface area (Å²) in [4.78, 5) is 47.2. The topological polar surface area (TPSA) is 110 Å². The number of imidazole rings is 1. The Bertz CT molecular complexity index is 1470. The average molecular weight is 518 g/mol. The fraction of sp³-hybridized carbons (Fsp3) is 0.286. The number of nitrogens with zero attached hydrogens (tertiary/aromatic N) is 1. The largest absolute Gasteiger partial charge is 0.465 e. The first-order chi connectivity index (χ1) is 17.9. The molecule has 0 spiro atoms. The molecule has 5 rings (SSSR count). The van der Waals surface area contributed by atoms with E-state index in [4.69, 9.17) is 9.47 Å². The van der Waals surface area contributed by atoms with Gasteiger partial charge in [0, 0.05) is 10.4 Å². The molecule has 2 aromatic heterocycles. The van der Waals surface area contributed by atoms with Crippen LogP contribution in [-0.4, -0.2) is 41.0 Å². The van der Waals surface area contributed by atoms with E-state index in [1.54, 1.807) is 18.2 Å². The first kappa shape index (κ1) is 24.7. The number of nitrogens with one attached hydrogen (secondary N) is 2. The summed E-state index contributed by atoms with van der Waals surface area (Å²) < 4.78 is 10.5. The first-order valence-electron chi connectivity index (χ1n) is 12.2. The SMILES string of the molecule is COC(=O)c1c(NC(=O)C(C)OC(=O)c2ccc3nc(-c4ccccc4)[nH]c3c2)sc2c1CCCCC2. The molecule has 0 radical (unpaired) electrons. The Balaban J connectivity index is 1.30. The molecule has 1 amide bonds. The molecule has 1 unspecified atom stereocenters. The number of methoxy groups -OCH3 is 1. The van der Waals surface area contributed by atoms with Gasteiger partial charge in [-0.2, -0.15) is 0 Å². The summed E-state index contributed by atoms with van der Waals surface area (Å²) in [6.07, 6.45) is 3.71. The maximum absolute atomic E-state index is 12.9. The number of thiophene rings is 1. The van der Waals surface area contributed by atoms with Gasteiger partial charge in [0.05, 0.1) is 29.3 Å². The molecule has 8 nitrogen and oxygen atoms in total. The summed E-state index contributed by atoms with van der Waals surface area (Å²) in [5, 5.41) is 3.24. The van der Waals surface area contributed by atoms with E-state index in [1.807, 2.05) is 30.3 Å². The number of H-pyrrole nitrogens is 1. The first-order valence-corrected chi connectivity index (χ1v) is 13.1. The molecule has 1 aliphatic rings. The zero-order valence-electron chi connectivity index (χ0n) is 20.6. The molecular formula is C28H27N3O5S. The predicted octanol–water partition coefficient (Wildman–Crippen LogP) is 5.53. The third kappa shape index (κ3) is 5.13. The van der Waals surface area contributed by atoms with Crippen LogP contribution >= 0.6 is 11.3 Å². The van der Waals surface area contributed by atoms with Crippen molar-refractivity contribution in [2.24, 2.45) is 0 Å². The predicted molar refractivity (Wildman–Crippen MR) is 142 cm³/mol. The number of hydrogen-bond donors (Lipinski definition) is 2. The molecule has 190 valence electrons. The Labute approximate surface area is 218 Å². The van der Waals surface area contributed by atoms with Crippen molar-refractivity contribution in [1.29, 1.82) is 0 Å². The van der Waals surface area contributed by atoms with Crippen molar-refractivity contribution in [3.05, 3.63) is 70.1 Å². The number of anilines is 1. The minimum atomic E-state index is -1.07. The molecule has 0 aliphatic heterocycles. The highest BCUT2D eigenvalue weighted by molar-refractivity contribution is 7.17. The third-order valence-electron chi connectivity index (χ3n) is 6.47. The number of esters is 2. The van der Waals surface area contributed by atoms with E-state index in [2.05, 4.69) is 15.3 Å². The number of ether oxygens (including phenoxy) is 2. The average Bonchev–Trinajstić information content (AvgIpc) is 3.41. The van der Waals surface area contributed by atoms with Gasteiger partial charge in [-0.25, -0.2) is 14.6 Å². The molecule has 2 N–H and O–H groups in total. The van der Waals surface area contributed by atoms with E-state index in [9.17, 15) is 14.4 Å². The van der Waals surface area contributed by atoms with E-state index in [1.165, 1.54) is 25.4 Å². The lowest BCUT2D eigenvalue weighted by Gasteiger charge is -2.14. The Morgan fingerprint density at radius 2 is 1.81 bits per heavy atom. The fourth-order valence-corrected chi connectivity index (χ4v) is 5.79. The number of amides is 1. The van der Waals surface area contributed by atoms with Crippen LogP contribution in [0.25, 0.3) is 22.4 Å². The smallest absolute Gasteiger partial charge is 0.341 e. The zero-order valence-corrected chi connectivity index (χ0v) is 21.4. The molecule has 0 saturated carbocycles. The van der Waals surface area contributed by atoms with Gasteiger partial charge in [-0.05, 0) is 56.4 Å². The van der Waals surface area contributed by atoms with E-state index in [0.717, 1.165) is 48.1 Å². The molecule has 1 atom stereocenters. The van der Waals surface area contributed by atoms with Crippen molar-refractivity contribution in [2.75, 3.05) is 12.4 Å². The highest BCUT2D eigenvalue weighted by Gasteiger charge is 2.28. The molecule has 2 aromatic carbocycles. The van der Waals surface area contributed by atoms with Crippen LogP contribution in [0.15, 0.2) is 48.5 Å². The van der Waals surface area contributed by atoms with Gasteiger partial charge in [-0.3, -0.25) is 4.79 Å². The van der Waals surface area contributed by atoms with Gasteiger partial charge in [0.2, 0.25) is 0 Å². The van der Waals surface area contributed by atoms with Crippen LogP contribution in [0.5, 0.6) is 0 Å². The quantitative estimate of drug-likeness (QED) is 0.257. The molecule has 0 saturated heterocycles. The molecule has 2 heterocycles. The summed E-state index contributed by atoms with van der Waals surface area (Å²) in [7, 11) is 1.33. The molecular weight excluding hydrogens is 490 g/mol. The number of aromatic nitrogens is 2. The number of hydrogen-bond acceptors (Lipinski definition) is 7. The molecule has 9 heteroatoms. The standard InChI is InChI=1S/C28H27N3O5S/c1-16(25(32)31-26-23(28(34)35-2)19-11-7-4-8-12-22(19)37-26)36-27(33)18-13-14-20-21(15-18)30-24(29-20)17-9-5-3-6-10-17/h3,5-6,9-10,13-16H,4,7-8,11-12H2,1-2H3,(H,29,30)(H,31,32). The monoisotopic (exact) mass is 517 g/mol. The van der Waals surface area contributed by atoms with Gasteiger partial charge < -0.3 is 19.8 Å². The number of carbonyl (C=O) groups is 3. The Morgan fingerprint density at radius 3 is 2.59 bits per heavy atom. The number of benzene rings is 2. The Kier molecular flexibility index (Phi) is 7.05. The lowest BCUT2D eigenvalue weighted by molar-refractivity contribution is -0.123. The van der Waals surface area contributed by atoms with Crippen molar-refractivity contribution >= 4 is 45.2 Å². The van der Waals surface area contributed by atoms with Gasteiger partial charge in [-0.15, -0.1) is 11.3 Å². The summed E-state index contributed by atoms with van der Waals surface area (Å²) in [5.41, 5.74) is 4.01. The van der Waals surface area contributed by atoms with Crippen LogP contribution in [0, 0.1) is 0 Å². The summed E-state index contributed by atoms with van der Waals surface area (Å²) in [6, 6.07) is 14.7. The second kappa shape index (κ2) is 10.6. The summed E-state index contributed by atoms with van der Waals surface area (Å²) in [6.45, 7) is 1.51. The minimum Gasteiger partial charge on any atom is -0.465 e. The van der Waals surface area contributed by atoms with Crippen LogP contribution in [0.1, 0.15) is 57.3 Å². The van der Waals surface area contributed by atoms with E-state index >= 15 is 0 Å². The van der Waals surface area contributed by atoms with E-state index in [-0.39, 0.29) is 0 Å². The highest BCUT2D eigenvalue weighted by atomic mass is 32.1. The lowest BCUT2D eigenvalue weighted by Crippen LogP contribution is -2.30. The maximum Gasteiger partial charge on any atom is 0.341 e. The zero-order chi connectivity index (χ0) is 25.9. The number of rotatable bonds is 6. The Hall–Kier alpha value is -3.98. The normalized spacial score (nSPS) is 13.9. The molecule has 1 aliphatic carbocycles. The summed E-state index contributed by atoms with van der Waals surface area (Å²) >= 11 is 1.40. The van der Waals surface area contributed by atoms with Crippen molar-refractivity contribution in [3.63, 3.8) is 0 Å². The maximum atomic E-state index is 12.9. The molecule has 4 aromatic rings. The van der Waals surface area contributed by atoms with Crippen LogP contribution in [0.2, 0.25) is 0 Å². The van der Waals surface area contributed by atoms with Crippen LogP contribution in [-0.2, 0) is 27.1 Å². The lowest BCUT2D eigenvalue weighted by atomic mass is 10.1. The highest BCUT2D eigenvalue weighted by Crippen LogP contribution is 2.38.